The van der Waals surface area contributed by atoms with Crippen LogP contribution in [0, 0.1) is 0 Å². The molecule has 0 aliphatic carbocycles. The number of anilines is 3. The van der Waals surface area contributed by atoms with Gasteiger partial charge in [0.25, 0.3) is 0 Å². The highest BCUT2D eigenvalue weighted by Gasteiger charge is 2.30. The van der Waals surface area contributed by atoms with Crippen molar-refractivity contribution in [1.82, 2.24) is 14.9 Å². The van der Waals surface area contributed by atoms with Crippen LogP contribution in [0.15, 0.2) is 60.8 Å². The average Bonchev–Trinajstić information content (AvgIpc) is 3.37. The van der Waals surface area contributed by atoms with Crippen molar-refractivity contribution in [2.75, 3.05) is 43.2 Å². The highest BCUT2D eigenvalue weighted by atomic mass is 35.5. The predicted octanol–water partition coefficient (Wildman–Crippen LogP) is 6.29. The number of nitrogens with zero attached hydrogens (tertiary/aromatic N) is 4. The standard InChI is InChI=1S/C26H32ClN5O2.ClH/c1-3-31(4-2)16-8-17-33-22-13-11-21(12-14-22)29-26-28-19-23(27)25(30-26)32-24(15-18-34-32)20-9-6-5-7-10-20;/h5-7,9-14,19,24H,3-4,8,15-18H2,1-2H3,(H,28,29,30);1H/t24-;/m0./s1. The molecule has 2 heterocycles. The topological polar surface area (TPSA) is 62.8 Å². The van der Waals surface area contributed by atoms with Crippen LogP contribution in [0.5, 0.6) is 5.75 Å². The average molecular weight is 518 g/mol. The van der Waals surface area contributed by atoms with E-state index in [2.05, 4.69) is 46.2 Å². The van der Waals surface area contributed by atoms with Crippen LogP contribution in [0.25, 0.3) is 0 Å². The number of aromatic nitrogens is 2. The lowest BCUT2D eigenvalue weighted by Crippen LogP contribution is -2.25. The summed E-state index contributed by atoms with van der Waals surface area (Å²) in [6.07, 6.45) is 3.47. The maximum Gasteiger partial charge on any atom is 0.229 e. The summed E-state index contributed by atoms with van der Waals surface area (Å²) in [4.78, 5) is 17.3. The predicted molar refractivity (Wildman–Crippen MR) is 144 cm³/mol. The van der Waals surface area contributed by atoms with Crippen molar-refractivity contribution < 1.29 is 9.57 Å². The molecule has 4 rings (SSSR count). The summed E-state index contributed by atoms with van der Waals surface area (Å²) in [7, 11) is 0. The van der Waals surface area contributed by atoms with Crippen LogP contribution < -0.4 is 15.1 Å². The SMILES string of the molecule is CCN(CC)CCCOc1ccc(Nc2ncc(Cl)c(N3OCC[C@H]3c3ccccc3)n2)cc1.Cl. The van der Waals surface area contributed by atoms with Gasteiger partial charge in [0, 0.05) is 18.7 Å². The minimum absolute atomic E-state index is 0. The molecule has 0 saturated carbocycles. The monoisotopic (exact) mass is 517 g/mol. The summed E-state index contributed by atoms with van der Waals surface area (Å²) >= 11 is 6.46. The van der Waals surface area contributed by atoms with E-state index >= 15 is 0 Å². The molecule has 9 heteroatoms. The maximum atomic E-state index is 6.46. The van der Waals surface area contributed by atoms with E-state index in [1.165, 1.54) is 0 Å². The molecule has 0 bridgehead atoms. The second-order valence-electron chi connectivity index (χ2n) is 8.12. The Balaban J connectivity index is 0.00000342. The Morgan fingerprint density at radius 3 is 2.57 bits per heavy atom. The fourth-order valence-electron chi connectivity index (χ4n) is 4.01. The first-order chi connectivity index (χ1) is 16.7. The number of halogens is 2. The van der Waals surface area contributed by atoms with Crippen LogP contribution in [-0.2, 0) is 4.84 Å². The zero-order valence-corrected chi connectivity index (χ0v) is 21.8. The first-order valence-electron chi connectivity index (χ1n) is 11.9. The molecule has 1 atom stereocenters. The minimum atomic E-state index is 0. The van der Waals surface area contributed by atoms with Crippen molar-refractivity contribution in [1.29, 1.82) is 0 Å². The lowest BCUT2D eigenvalue weighted by atomic mass is 10.0. The molecule has 35 heavy (non-hydrogen) atoms. The van der Waals surface area contributed by atoms with Gasteiger partial charge in [-0.05, 0) is 49.3 Å². The molecule has 7 nitrogen and oxygen atoms in total. The third-order valence-electron chi connectivity index (χ3n) is 5.92. The van der Waals surface area contributed by atoms with Crippen molar-refractivity contribution >= 4 is 41.5 Å². The van der Waals surface area contributed by atoms with Gasteiger partial charge in [-0.1, -0.05) is 55.8 Å². The molecule has 0 radical (unpaired) electrons. The number of benzene rings is 2. The van der Waals surface area contributed by atoms with Crippen molar-refractivity contribution in [3.8, 4) is 5.75 Å². The normalized spacial score (nSPS) is 15.2. The molecule has 0 amide bonds. The minimum Gasteiger partial charge on any atom is -0.494 e. The molecule has 1 aliphatic rings. The number of rotatable bonds is 11. The Bertz CT molecular complexity index is 1040. The van der Waals surface area contributed by atoms with Crippen LogP contribution in [0.1, 0.15) is 38.3 Å². The molecule has 2 aromatic carbocycles. The summed E-state index contributed by atoms with van der Waals surface area (Å²) in [5, 5.41) is 5.49. The molecule has 1 aromatic heterocycles. The van der Waals surface area contributed by atoms with E-state index in [0.29, 0.717) is 30.0 Å². The highest BCUT2D eigenvalue weighted by molar-refractivity contribution is 6.32. The fourth-order valence-corrected chi connectivity index (χ4v) is 4.18. The van der Waals surface area contributed by atoms with E-state index in [1.54, 1.807) is 11.3 Å². The largest absolute Gasteiger partial charge is 0.494 e. The van der Waals surface area contributed by atoms with Gasteiger partial charge in [-0.15, -0.1) is 12.4 Å². The summed E-state index contributed by atoms with van der Waals surface area (Å²) in [6.45, 7) is 8.87. The fraction of sp³-hybridized carbons (Fsp3) is 0.385. The molecule has 1 saturated heterocycles. The number of hydroxylamine groups is 1. The molecule has 3 aromatic rings. The van der Waals surface area contributed by atoms with Gasteiger partial charge in [0.1, 0.15) is 10.8 Å². The van der Waals surface area contributed by atoms with Gasteiger partial charge < -0.3 is 15.0 Å². The smallest absolute Gasteiger partial charge is 0.229 e. The number of ether oxygens (including phenoxy) is 1. The van der Waals surface area contributed by atoms with Gasteiger partial charge in [-0.2, -0.15) is 4.98 Å². The Kier molecular flexibility index (Phi) is 10.4. The molecule has 188 valence electrons. The first kappa shape index (κ1) is 27.0. The van der Waals surface area contributed by atoms with Crippen molar-refractivity contribution in [3.63, 3.8) is 0 Å². The lowest BCUT2D eigenvalue weighted by molar-refractivity contribution is 0.157. The first-order valence-corrected chi connectivity index (χ1v) is 12.3. The molecule has 0 unspecified atom stereocenters. The lowest BCUT2D eigenvalue weighted by Gasteiger charge is -2.24. The second-order valence-corrected chi connectivity index (χ2v) is 8.52. The highest BCUT2D eigenvalue weighted by Crippen LogP contribution is 2.37. The third kappa shape index (κ3) is 7.21. The molecule has 1 fully saturated rings. The Hall–Kier alpha value is -2.58. The summed E-state index contributed by atoms with van der Waals surface area (Å²) in [6, 6.07) is 18.1. The van der Waals surface area contributed by atoms with Crippen LogP contribution in [0.2, 0.25) is 5.02 Å². The summed E-state index contributed by atoms with van der Waals surface area (Å²) in [5.74, 6) is 1.85. The van der Waals surface area contributed by atoms with E-state index in [0.717, 1.165) is 49.5 Å². The van der Waals surface area contributed by atoms with Crippen molar-refractivity contribution in [2.45, 2.75) is 32.7 Å². The van der Waals surface area contributed by atoms with E-state index in [9.17, 15) is 0 Å². The zero-order chi connectivity index (χ0) is 23.8. The van der Waals surface area contributed by atoms with Crippen molar-refractivity contribution in [2.24, 2.45) is 0 Å². The van der Waals surface area contributed by atoms with Crippen LogP contribution in [0.4, 0.5) is 17.5 Å². The van der Waals surface area contributed by atoms with Crippen LogP contribution in [-0.4, -0.2) is 47.7 Å². The van der Waals surface area contributed by atoms with Crippen LogP contribution in [0.3, 0.4) is 0 Å². The number of hydrogen-bond donors (Lipinski definition) is 1. The Morgan fingerprint density at radius 2 is 1.86 bits per heavy atom. The summed E-state index contributed by atoms with van der Waals surface area (Å²) < 4.78 is 5.88. The molecule has 0 spiro atoms. The van der Waals surface area contributed by atoms with Gasteiger partial charge >= 0.3 is 0 Å². The summed E-state index contributed by atoms with van der Waals surface area (Å²) in [5.41, 5.74) is 2.03. The van der Waals surface area contributed by atoms with E-state index < -0.39 is 0 Å². The van der Waals surface area contributed by atoms with Gasteiger partial charge in [0.2, 0.25) is 5.95 Å². The van der Waals surface area contributed by atoms with Gasteiger partial charge in [0.05, 0.1) is 25.5 Å². The Labute approximate surface area is 218 Å². The molecular formula is C26H33Cl2N5O2. The zero-order valence-electron chi connectivity index (χ0n) is 20.2. The van der Waals surface area contributed by atoms with Gasteiger partial charge in [-0.3, -0.25) is 4.84 Å². The second kappa shape index (κ2) is 13.5. The Morgan fingerprint density at radius 1 is 1.11 bits per heavy atom. The van der Waals surface area contributed by atoms with Gasteiger partial charge in [0.15, 0.2) is 5.82 Å². The van der Waals surface area contributed by atoms with Gasteiger partial charge in [-0.25, -0.2) is 10.0 Å². The molecular weight excluding hydrogens is 485 g/mol. The molecule has 1 aliphatic heterocycles. The number of nitrogens with one attached hydrogen (secondary N) is 1. The number of hydrogen-bond acceptors (Lipinski definition) is 7. The van der Waals surface area contributed by atoms with E-state index in [-0.39, 0.29) is 18.4 Å². The molecule has 1 N–H and O–H groups in total. The van der Waals surface area contributed by atoms with E-state index in [4.69, 9.17) is 21.2 Å². The maximum absolute atomic E-state index is 6.46. The van der Waals surface area contributed by atoms with Crippen molar-refractivity contribution in [3.05, 3.63) is 71.4 Å². The van der Waals surface area contributed by atoms with E-state index in [1.807, 2.05) is 42.5 Å². The third-order valence-corrected chi connectivity index (χ3v) is 6.18. The quantitative estimate of drug-likeness (QED) is 0.300. The van der Waals surface area contributed by atoms with Crippen LogP contribution >= 0.6 is 24.0 Å².